The number of hydrogen-bond donors (Lipinski definition) is 1. The molecule has 0 unspecified atom stereocenters. The van der Waals surface area contributed by atoms with Crippen molar-refractivity contribution < 1.29 is 13.3 Å². The number of hydrogen-bond acceptors (Lipinski definition) is 7. The van der Waals surface area contributed by atoms with Crippen LogP contribution in [0.5, 0.6) is 0 Å². The lowest BCUT2D eigenvalue weighted by Gasteiger charge is -2.35. The summed E-state index contributed by atoms with van der Waals surface area (Å²) in [5.74, 6) is 0. The molecule has 2 rings (SSSR count). The Bertz CT molecular complexity index is 713. The van der Waals surface area contributed by atoms with Crippen LogP contribution >= 0.6 is 0 Å². The number of sulfone groups is 1. The van der Waals surface area contributed by atoms with Crippen molar-refractivity contribution in [2.45, 2.75) is 23.8 Å². The molecule has 1 heterocycles. The summed E-state index contributed by atoms with van der Waals surface area (Å²) < 4.78 is 23.5. The van der Waals surface area contributed by atoms with Crippen LogP contribution in [-0.2, 0) is 9.84 Å². The predicted octanol–water partition coefficient (Wildman–Crippen LogP) is 1.44. The van der Waals surface area contributed by atoms with E-state index in [2.05, 4.69) is 29.2 Å². The van der Waals surface area contributed by atoms with Crippen molar-refractivity contribution in [1.29, 1.82) is 0 Å². The lowest BCUT2D eigenvalue weighted by atomic mass is 10.0. The largest absolute Gasteiger partial charge is 0.384 e. The van der Waals surface area contributed by atoms with Gasteiger partial charge in [-0.1, -0.05) is 0 Å². The fraction of sp³-hybridized carbons (Fsp3) is 0.625. The van der Waals surface area contributed by atoms with Gasteiger partial charge < -0.3 is 15.1 Å². The summed E-state index contributed by atoms with van der Waals surface area (Å²) in [6.07, 6.45) is 3.26. The van der Waals surface area contributed by atoms with Crippen molar-refractivity contribution in [3.63, 3.8) is 0 Å². The van der Waals surface area contributed by atoms with Crippen LogP contribution in [0.2, 0.25) is 0 Å². The summed E-state index contributed by atoms with van der Waals surface area (Å²) in [6.45, 7) is 3.59. The number of piperidine rings is 1. The Hall–Kier alpha value is -1.71. The Morgan fingerprint density at radius 3 is 2.48 bits per heavy atom. The molecule has 0 amide bonds. The van der Waals surface area contributed by atoms with Crippen molar-refractivity contribution in [3.05, 3.63) is 28.3 Å². The zero-order valence-electron chi connectivity index (χ0n) is 14.9. The summed E-state index contributed by atoms with van der Waals surface area (Å²) in [4.78, 5) is 14.7. The minimum atomic E-state index is -3.66. The van der Waals surface area contributed by atoms with Gasteiger partial charge >= 0.3 is 0 Å². The number of likely N-dealkylation sites (tertiary alicyclic amines) is 1. The van der Waals surface area contributed by atoms with Gasteiger partial charge in [-0.2, -0.15) is 0 Å². The second kappa shape index (κ2) is 8.11. The lowest BCUT2D eigenvalue weighted by molar-refractivity contribution is -0.387. The molecule has 0 aromatic heterocycles. The fourth-order valence-corrected chi connectivity index (χ4v) is 3.95. The van der Waals surface area contributed by atoms with Gasteiger partial charge in [0.2, 0.25) is 0 Å². The third kappa shape index (κ3) is 5.38. The predicted molar refractivity (Wildman–Crippen MR) is 97.8 cm³/mol. The maximum atomic E-state index is 11.8. The van der Waals surface area contributed by atoms with Crippen molar-refractivity contribution in [2.75, 3.05) is 51.8 Å². The third-order valence-corrected chi connectivity index (χ3v) is 5.73. The molecule has 1 aliphatic rings. The molecule has 1 N–H and O–H groups in total. The van der Waals surface area contributed by atoms with Crippen LogP contribution in [0.15, 0.2) is 23.1 Å². The van der Waals surface area contributed by atoms with Crippen LogP contribution in [0.4, 0.5) is 11.4 Å². The first-order chi connectivity index (χ1) is 11.7. The van der Waals surface area contributed by atoms with E-state index in [-0.39, 0.29) is 10.6 Å². The molecular weight excluding hydrogens is 344 g/mol. The number of nitrogens with zero attached hydrogens (tertiary/aromatic N) is 3. The number of nitro benzene ring substituents is 1. The van der Waals surface area contributed by atoms with E-state index in [9.17, 15) is 18.5 Å². The van der Waals surface area contributed by atoms with Gasteiger partial charge in [-0.3, -0.25) is 10.1 Å². The first-order valence-corrected chi connectivity index (χ1v) is 10.2. The van der Waals surface area contributed by atoms with Crippen molar-refractivity contribution >= 4 is 21.2 Å². The Morgan fingerprint density at radius 1 is 1.32 bits per heavy atom. The molecule has 1 saturated heterocycles. The van der Waals surface area contributed by atoms with Gasteiger partial charge in [0.15, 0.2) is 9.84 Å². The highest BCUT2D eigenvalue weighted by Crippen LogP contribution is 2.27. The quantitative estimate of drug-likeness (QED) is 0.573. The maximum absolute atomic E-state index is 11.8. The molecule has 0 bridgehead atoms. The minimum absolute atomic E-state index is 0.255. The lowest BCUT2D eigenvalue weighted by Crippen LogP contribution is -2.43. The van der Waals surface area contributed by atoms with Crippen LogP contribution < -0.4 is 5.32 Å². The highest BCUT2D eigenvalue weighted by atomic mass is 32.2. The molecule has 8 nitrogen and oxygen atoms in total. The number of rotatable bonds is 7. The van der Waals surface area contributed by atoms with Crippen LogP contribution in [-0.4, -0.2) is 75.7 Å². The van der Waals surface area contributed by atoms with Crippen LogP contribution in [0.25, 0.3) is 0 Å². The Kier molecular flexibility index (Phi) is 6.36. The first kappa shape index (κ1) is 19.6. The summed E-state index contributed by atoms with van der Waals surface area (Å²) >= 11 is 0. The van der Waals surface area contributed by atoms with Crippen LogP contribution in [0.1, 0.15) is 12.8 Å². The second-order valence-electron chi connectivity index (χ2n) is 6.67. The minimum Gasteiger partial charge on any atom is -0.384 e. The molecule has 1 aromatic rings. The molecule has 9 heteroatoms. The van der Waals surface area contributed by atoms with Gasteiger partial charge in [0.1, 0.15) is 4.90 Å². The molecule has 0 saturated carbocycles. The van der Waals surface area contributed by atoms with E-state index in [1.807, 2.05) is 0 Å². The summed E-state index contributed by atoms with van der Waals surface area (Å²) in [7, 11) is 0.556. The second-order valence-corrected chi connectivity index (χ2v) is 8.66. The number of nitrogens with one attached hydrogen (secondary N) is 1. The molecule has 0 radical (unpaired) electrons. The Morgan fingerprint density at radius 2 is 1.96 bits per heavy atom. The smallest absolute Gasteiger partial charge is 0.288 e. The molecule has 25 heavy (non-hydrogen) atoms. The van der Waals surface area contributed by atoms with Crippen molar-refractivity contribution in [1.82, 2.24) is 9.80 Å². The number of benzene rings is 1. The van der Waals surface area contributed by atoms with Crippen LogP contribution in [0, 0.1) is 10.1 Å². The van der Waals surface area contributed by atoms with Gasteiger partial charge in [0.05, 0.1) is 4.92 Å². The van der Waals surface area contributed by atoms with Gasteiger partial charge in [0.25, 0.3) is 5.69 Å². The molecule has 1 fully saturated rings. The first-order valence-electron chi connectivity index (χ1n) is 8.29. The van der Waals surface area contributed by atoms with E-state index >= 15 is 0 Å². The highest BCUT2D eigenvalue weighted by Gasteiger charge is 2.23. The topological polar surface area (TPSA) is 95.8 Å². The third-order valence-electron chi connectivity index (χ3n) is 4.60. The maximum Gasteiger partial charge on any atom is 0.288 e. The summed E-state index contributed by atoms with van der Waals surface area (Å²) in [5, 5.41) is 14.2. The summed E-state index contributed by atoms with van der Waals surface area (Å²) in [5.41, 5.74) is 0.188. The number of nitro groups is 1. The Balaban J connectivity index is 1.93. The van der Waals surface area contributed by atoms with E-state index in [1.54, 1.807) is 6.07 Å². The monoisotopic (exact) mass is 370 g/mol. The Labute approximate surface area is 148 Å². The van der Waals surface area contributed by atoms with E-state index in [4.69, 9.17) is 0 Å². The molecule has 140 valence electrons. The fourth-order valence-electron chi connectivity index (χ4n) is 3.09. The van der Waals surface area contributed by atoms with Crippen LogP contribution in [0.3, 0.4) is 0 Å². The van der Waals surface area contributed by atoms with E-state index < -0.39 is 14.8 Å². The SMILES string of the molecule is CN(C)C1CCN(CCNc2ccc([N+](=O)[O-])c(S(C)(=O)=O)c2)CC1. The molecule has 0 spiro atoms. The number of anilines is 1. The average Bonchev–Trinajstić information content (AvgIpc) is 2.54. The standard InChI is InChI=1S/C16H26N4O4S/c1-18(2)14-6-9-19(10-7-14)11-8-17-13-4-5-15(20(21)22)16(12-13)25(3,23)24/h4-5,12,14,17H,6-11H2,1-3H3. The van der Waals surface area contributed by atoms with Crippen molar-refractivity contribution in [2.24, 2.45) is 0 Å². The van der Waals surface area contributed by atoms with E-state index in [0.717, 1.165) is 38.7 Å². The van der Waals surface area contributed by atoms with E-state index in [1.165, 1.54) is 12.1 Å². The normalized spacial score (nSPS) is 17.0. The van der Waals surface area contributed by atoms with Crippen molar-refractivity contribution in [3.8, 4) is 0 Å². The molecule has 1 aliphatic heterocycles. The van der Waals surface area contributed by atoms with Gasteiger partial charge in [-0.25, -0.2) is 8.42 Å². The van der Waals surface area contributed by atoms with Gasteiger partial charge in [0, 0.05) is 37.1 Å². The molecular formula is C16H26N4O4S. The van der Waals surface area contributed by atoms with Gasteiger partial charge in [-0.05, 0) is 52.2 Å². The highest BCUT2D eigenvalue weighted by molar-refractivity contribution is 7.90. The molecule has 1 aromatic carbocycles. The summed E-state index contributed by atoms with van der Waals surface area (Å²) in [6, 6.07) is 4.76. The zero-order valence-corrected chi connectivity index (χ0v) is 15.8. The molecule has 0 atom stereocenters. The average molecular weight is 370 g/mol. The van der Waals surface area contributed by atoms with Gasteiger partial charge in [-0.15, -0.1) is 0 Å². The molecule has 0 aliphatic carbocycles. The van der Waals surface area contributed by atoms with E-state index in [0.29, 0.717) is 18.3 Å². The zero-order chi connectivity index (χ0) is 18.6.